The third kappa shape index (κ3) is 4.32. The van der Waals surface area contributed by atoms with E-state index in [9.17, 15) is 4.79 Å². The SMILES string of the molecule is CN[C@H]1COC[C@H](Cc2ccccc2)CC(C)OC1=O. The Balaban J connectivity index is 1.99. The van der Waals surface area contributed by atoms with Gasteiger partial charge in [-0.25, -0.2) is 0 Å². The van der Waals surface area contributed by atoms with E-state index >= 15 is 0 Å². The highest BCUT2D eigenvalue weighted by Gasteiger charge is 2.25. The highest BCUT2D eigenvalue weighted by Crippen LogP contribution is 2.18. The molecule has 0 spiro atoms. The van der Waals surface area contributed by atoms with Crippen molar-refractivity contribution >= 4 is 5.97 Å². The van der Waals surface area contributed by atoms with Gasteiger partial charge in [-0.15, -0.1) is 0 Å². The first kappa shape index (κ1) is 15.0. The maximum atomic E-state index is 11.9. The van der Waals surface area contributed by atoms with Crippen LogP contribution in [0, 0.1) is 5.92 Å². The molecule has 110 valence electrons. The molecule has 1 aliphatic rings. The number of benzene rings is 1. The standard InChI is InChI=1S/C16H23NO3/c1-12-8-14(9-13-6-4-3-5-7-13)10-19-11-15(17-2)16(18)20-12/h3-7,12,14-15,17H,8-11H2,1-2H3/t12?,14-,15-/m0/s1. The summed E-state index contributed by atoms with van der Waals surface area (Å²) in [5.41, 5.74) is 1.30. The lowest BCUT2D eigenvalue weighted by Gasteiger charge is -2.19. The van der Waals surface area contributed by atoms with Crippen LogP contribution < -0.4 is 5.32 Å². The van der Waals surface area contributed by atoms with Gasteiger partial charge in [0.1, 0.15) is 6.04 Å². The molecule has 1 unspecified atom stereocenters. The van der Waals surface area contributed by atoms with Crippen LogP contribution in [0.15, 0.2) is 30.3 Å². The summed E-state index contributed by atoms with van der Waals surface area (Å²) in [5.74, 6) is 0.149. The number of carbonyl (C=O) groups is 1. The number of ether oxygens (including phenoxy) is 2. The number of carbonyl (C=O) groups excluding carboxylic acids is 1. The molecular formula is C16H23NO3. The van der Waals surface area contributed by atoms with E-state index in [0.29, 0.717) is 19.1 Å². The number of nitrogens with one attached hydrogen (secondary N) is 1. The third-order valence-corrected chi connectivity index (χ3v) is 3.62. The maximum absolute atomic E-state index is 11.9. The molecule has 20 heavy (non-hydrogen) atoms. The van der Waals surface area contributed by atoms with Crippen LogP contribution in [0.4, 0.5) is 0 Å². The van der Waals surface area contributed by atoms with Crippen molar-refractivity contribution in [2.24, 2.45) is 5.92 Å². The molecule has 0 aliphatic carbocycles. The van der Waals surface area contributed by atoms with E-state index in [1.54, 1.807) is 7.05 Å². The summed E-state index contributed by atoms with van der Waals surface area (Å²) in [7, 11) is 1.75. The van der Waals surface area contributed by atoms with Crippen LogP contribution in [0.2, 0.25) is 0 Å². The molecule has 1 fully saturated rings. The molecule has 4 heteroatoms. The van der Waals surface area contributed by atoms with Gasteiger partial charge in [0.15, 0.2) is 0 Å². The van der Waals surface area contributed by atoms with Gasteiger partial charge in [-0.1, -0.05) is 30.3 Å². The van der Waals surface area contributed by atoms with Crippen molar-refractivity contribution in [1.29, 1.82) is 0 Å². The largest absolute Gasteiger partial charge is 0.461 e. The van der Waals surface area contributed by atoms with Crippen molar-refractivity contribution in [3.8, 4) is 0 Å². The monoisotopic (exact) mass is 277 g/mol. The van der Waals surface area contributed by atoms with Crippen LogP contribution in [0.5, 0.6) is 0 Å². The van der Waals surface area contributed by atoms with Crippen LogP contribution in [-0.4, -0.2) is 38.4 Å². The summed E-state index contributed by atoms with van der Waals surface area (Å²) < 4.78 is 11.2. The van der Waals surface area contributed by atoms with E-state index < -0.39 is 0 Å². The van der Waals surface area contributed by atoms with Gasteiger partial charge < -0.3 is 14.8 Å². The minimum absolute atomic E-state index is 0.0752. The van der Waals surface area contributed by atoms with E-state index in [-0.39, 0.29) is 18.1 Å². The minimum atomic E-state index is -0.368. The fourth-order valence-corrected chi connectivity index (χ4v) is 2.58. The van der Waals surface area contributed by atoms with Crippen molar-refractivity contribution in [3.63, 3.8) is 0 Å². The second-order valence-corrected chi connectivity index (χ2v) is 5.42. The minimum Gasteiger partial charge on any atom is -0.461 e. The van der Waals surface area contributed by atoms with Crippen molar-refractivity contribution < 1.29 is 14.3 Å². The Morgan fingerprint density at radius 1 is 1.25 bits per heavy atom. The van der Waals surface area contributed by atoms with E-state index in [4.69, 9.17) is 9.47 Å². The molecule has 0 saturated carbocycles. The molecule has 0 amide bonds. The van der Waals surface area contributed by atoms with Crippen LogP contribution in [0.3, 0.4) is 0 Å². The van der Waals surface area contributed by atoms with Crippen LogP contribution in [0.25, 0.3) is 0 Å². The molecular weight excluding hydrogens is 254 g/mol. The number of likely N-dealkylation sites (N-methyl/N-ethyl adjacent to an activating group) is 1. The van der Waals surface area contributed by atoms with Crippen molar-refractivity contribution in [3.05, 3.63) is 35.9 Å². The topological polar surface area (TPSA) is 47.6 Å². The summed E-state index contributed by atoms with van der Waals surface area (Å²) in [5, 5.41) is 2.93. The van der Waals surface area contributed by atoms with Crippen molar-refractivity contribution in [1.82, 2.24) is 5.32 Å². The van der Waals surface area contributed by atoms with Gasteiger partial charge in [-0.2, -0.15) is 0 Å². The molecule has 0 radical (unpaired) electrons. The first-order chi connectivity index (χ1) is 9.69. The Kier molecular flexibility index (Phi) is 5.56. The number of rotatable bonds is 3. The quantitative estimate of drug-likeness (QED) is 0.856. The zero-order valence-electron chi connectivity index (χ0n) is 12.2. The fourth-order valence-electron chi connectivity index (χ4n) is 2.58. The maximum Gasteiger partial charge on any atom is 0.325 e. The molecule has 1 heterocycles. The number of hydrogen-bond donors (Lipinski definition) is 1. The van der Waals surface area contributed by atoms with Gasteiger partial charge in [0, 0.05) is 6.61 Å². The predicted octanol–water partition coefficient (Wildman–Crippen LogP) is 1.79. The van der Waals surface area contributed by atoms with Crippen LogP contribution in [0.1, 0.15) is 18.9 Å². The Morgan fingerprint density at radius 3 is 2.70 bits per heavy atom. The van der Waals surface area contributed by atoms with Crippen molar-refractivity contribution in [2.75, 3.05) is 20.3 Å². The molecule has 1 aromatic carbocycles. The average Bonchev–Trinajstić information content (AvgIpc) is 2.49. The lowest BCUT2D eigenvalue weighted by molar-refractivity contribution is -0.151. The lowest BCUT2D eigenvalue weighted by Crippen LogP contribution is -2.40. The first-order valence-corrected chi connectivity index (χ1v) is 7.18. The highest BCUT2D eigenvalue weighted by molar-refractivity contribution is 5.76. The van der Waals surface area contributed by atoms with Crippen LogP contribution >= 0.6 is 0 Å². The molecule has 1 N–H and O–H groups in total. The fraction of sp³-hybridized carbons (Fsp3) is 0.562. The molecule has 0 aromatic heterocycles. The van der Waals surface area contributed by atoms with Gasteiger partial charge in [0.2, 0.25) is 0 Å². The second-order valence-electron chi connectivity index (χ2n) is 5.42. The number of cyclic esters (lactones) is 1. The summed E-state index contributed by atoms with van der Waals surface area (Å²) in [4.78, 5) is 11.9. The molecule has 4 nitrogen and oxygen atoms in total. The predicted molar refractivity (Wildman–Crippen MR) is 77.5 cm³/mol. The van der Waals surface area contributed by atoms with Gasteiger partial charge in [0.05, 0.1) is 12.7 Å². The Labute approximate surface area is 120 Å². The van der Waals surface area contributed by atoms with Gasteiger partial charge in [-0.3, -0.25) is 4.79 Å². The van der Waals surface area contributed by atoms with E-state index in [0.717, 1.165) is 12.8 Å². The van der Waals surface area contributed by atoms with Crippen LogP contribution in [-0.2, 0) is 20.7 Å². The molecule has 1 aliphatic heterocycles. The molecule has 2 rings (SSSR count). The third-order valence-electron chi connectivity index (χ3n) is 3.62. The summed E-state index contributed by atoms with van der Waals surface area (Å²) >= 11 is 0. The normalized spacial score (nSPS) is 28.1. The number of esters is 1. The van der Waals surface area contributed by atoms with Crippen molar-refractivity contribution in [2.45, 2.75) is 31.9 Å². The highest BCUT2D eigenvalue weighted by atomic mass is 16.5. The van der Waals surface area contributed by atoms with E-state index in [1.165, 1.54) is 5.56 Å². The van der Waals surface area contributed by atoms with Gasteiger partial charge in [-0.05, 0) is 38.3 Å². The molecule has 1 aromatic rings. The summed E-state index contributed by atoms with van der Waals surface area (Å²) in [6.45, 7) is 2.98. The van der Waals surface area contributed by atoms with Gasteiger partial charge >= 0.3 is 5.97 Å². The summed E-state index contributed by atoms with van der Waals surface area (Å²) in [6.07, 6.45) is 1.71. The van der Waals surface area contributed by atoms with Gasteiger partial charge in [0.25, 0.3) is 0 Å². The molecule has 0 bridgehead atoms. The Morgan fingerprint density at radius 2 is 2.00 bits per heavy atom. The molecule has 1 saturated heterocycles. The molecule has 3 atom stereocenters. The lowest BCUT2D eigenvalue weighted by atomic mass is 9.95. The zero-order valence-corrected chi connectivity index (χ0v) is 12.2. The smallest absolute Gasteiger partial charge is 0.325 e. The van der Waals surface area contributed by atoms with E-state index in [2.05, 4.69) is 17.4 Å². The average molecular weight is 277 g/mol. The zero-order chi connectivity index (χ0) is 14.4. The number of hydrogen-bond acceptors (Lipinski definition) is 4. The Hall–Kier alpha value is -1.39. The Bertz CT molecular complexity index is 421. The first-order valence-electron chi connectivity index (χ1n) is 7.18. The summed E-state index contributed by atoms with van der Waals surface area (Å²) in [6, 6.07) is 10.00. The van der Waals surface area contributed by atoms with E-state index in [1.807, 2.05) is 25.1 Å². The second kappa shape index (κ2) is 7.41.